The molecular formula is C19H20N4O3S. The van der Waals surface area contributed by atoms with Crippen LogP contribution in [0.5, 0.6) is 5.75 Å². The number of hydrogen-bond donors (Lipinski definition) is 2. The Labute approximate surface area is 159 Å². The molecule has 8 heteroatoms. The second-order valence-corrected chi connectivity index (χ2v) is 7.50. The van der Waals surface area contributed by atoms with Gasteiger partial charge in [-0.25, -0.2) is 0 Å². The Hall–Kier alpha value is -3.00. The molecular weight excluding hydrogens is 364 g/mol. The van der Waals surface area contributed by atoms with Gasteiger partial charge in [0.15, 0.2) is 0 Å². The van der Waals surface area contributed by atoms with Crippen LogP contribution in [-0.4, -0.2) is 46.7 Å². The first-order chi connectivity index (χ1) is 13.0. The summed E-state index contributed by atoms with van der Waals surface area (Å²) in [5, 5.41) is 12.9. The number of carbonyl (C=O) groups is 1. The van der Waals surface area contributed by atoms with E-state index >= 15 is 0 Å². The second kappa shape index (κ2) is 6.62. The molecule has 27 heavy (non-hydrogen) atoms. The van der Waals surface area contributed by atoms with Crippen LogP contribution in [0.3, 0.4) is 0 Å². The molecule has 140 valence electrons. The zero-order valence-electron chi connectivity index (χ0n) is 14.9. The van der Waals surface area contributed by atoms with Crippen molar-refractivity contribution in [2.45, 2.75) is 0 Å². The highest BCUT2D eigenvalue weighted by atomic mass is 32.1. The molecule has 2 aromatic heterocycles. The number of thiophene rings is 1. The Morgan fingerprint density at radius 1 is 1.15 bits per heavy atom. The lowest BCUT2D eigenvalue weighted by Gasteiger charge is -2.37. The number of rotatable bonds is 2. The van der Waals surface area contributed by atoms with Crippen molar-refractivity contribution in [3.8, 4) is 5.75 Å². The van der Waals surface area contributed by atoms with E-state index in [1.807, 2.05) is 27.3 Å². The van der Waals surface area contributed by atoms with Crippen LogP contribution >= 0.6 is 11.3 Å². The Kier molecular flexibility index (Phi) is 4.27. The van der Waals surface area contributed by atoms with Crippen LogP contribution in [0.2, 0.25) is 0 Å². The Morgan fingerprint density at radius 3 is 2.56 bits per heavy atom. The molecule has 1 saturated heterocycles. The van der Waals surface area contributed by atoms with Crippen molar-refractivity contribution in [2.75, 3.05) is 36.8 Å². The lowest BCUT2D eigenvalue weighted by Crippen LogP contribution is -2.49. The molecule has 1 amide bonds. The van der Waals surface area contributed by atoms with Crippen molar-refractivity contribution in [3.63, 3.8) is 0 Å². The number of aryl methyl sites for hydroxylation is 1. The van der Waals surface area contributed by atoms with Crippen molar-refractivity contribution in [2.24, 2.45) is 7.05 Å². The number of anilines is 2. The number of benzene rings is 1. The quantitative estimate of drug-likeness (QED) is 0.704. The zero-order valence-corrected chi connectivity index (χ0v) is 15.7. The van der Waals surface area contributed by atoms with Crippen LogP contribution in [0, 0.1) is 0 Å². The van der Waals surface area contributed by atoms with Gasteiger partial charge in [0.2, 0.25) is 0 Å². The maximum Gasteiger partial charge on any atom is 0.276 e. The molecule has 0 unspecified atom stereocenters. The molecule has 0 spiro atoms. The predicted molar refractivity (Wildman–Crippen MR) is 108 cm³/mol. The minimum atomic E-state index is -0.291. The summed E-state index contributed by atoms with van der Waals surface area (Å²) in [4.78, 5) is 29.6. The highest BCUT2D eigenvalue weighted by Gasteiger charge is 2.27. The molecule has 1 aromatic carbocycles. The van der Waals surface area contributed by atoms with Gasteiger partial charge in [-0.2, -0.15) is 0 Å². The number of amides is 1. The first-order valence-electron chi connectivity index (χ1n) is 8.67. The molecule has 3 aromatic rings. The molecule has 0 bridgehead atoms. The molecule has 1 fully saturated rings. The average molecular weight is 384 g/mol. The van der Waals surface area contributed by atoms with E-state index in [1.54, 1.807) is 25.2 Å². The summed E-state index contributed by atoms with van der Waals surface area (Å²) in [7, 11) is 1.64. The van der Waals surface area contributed by atoms with E-state index in [2.05, 4.69) is 0 Å². The van der Waals surface area contributed by atoms with Crippen molar-refractivity contribution in [1.82, 2.24) is 9.47 Å². The number of phenols is 1. The molecule has 4 rings (SSSR count). The van der Waals surface area contributed by atoms with Crippen molar-refractivity contribution in [1.29, 1.82) is 0 Å². The molecule has 1 aliphatic rings. The predicted octanol–water partition coefficient (Wildman–Crippen LogP) is 1.85. The number of aromatic hydroxyl groups is 1. The summed E-state index contributed by atoms with van der Waals surface area (Å²) in [5.74, 6) is 0.108. The largest absolute Gasteiger partial charge is 0.507 e. The molecule has 0 atom stereocenters. The summed E-state index contributed by atoms with van der Waals surface area (Å²) in [6.45, 7) is 2.14. The Morgan fingerprint density at radius 2 is 1.89 bits per heavy atom. The minimum absolute atomic E-state index is 0.0225. The smallest absolute Gasteiger partial charge is 0.276 e. The van der Waals surface area contributed by atoms with Gasteiger partial charge in [-0.15, -0.1) is 11.3 Å². The monoisotopic (exact) mass is 384 g/mol. The maximum absolute atomic E-state index is 12.6. The first kappa shape index (κ1) is 17.4. The molecule has 1 aliphatic heterocycles. The van der Waals surface area contributed by atoms with Crippen molar-refractivity contribution < 1.29 is 9.90 Å². The van der Waals surface area contributed by atoms with E-state index in [0.717, 1.165) is 4.88 Å². The van der Waals surface area contributed by atoms with E-state index < -0.39 is 0 Å². The fourth-order valence-corrected chi connectivity index (χ4v) is 4.28. The number of piperazine rings is 1. The molecule has 3 heterocycles. The first-order valence-corrected chi connectivity index (χ1v) is 9.55. The summed E-state index contributed by atoms with van der Waals surface area (Å²) in [5.41, 5.74) is 7.16. The normalized spacial score (nSPS) is 14.7. The third-order valence-corrected chi connectivity index (χ3v) is 5.88. The van der Waals surface area contributed by atoms with Crippen molar-refractivity contribution in [3.05, 3.63) is 50.9 Å². The standard InChI is InChI=1S/C19H20N4O3S/c1-21-12-4-2-5-13(24)15(12)17(16(20)19(21)26)22-7-9-23(10-8-22)18(25)14-6-3-11-27-14/h2-6,11,24H,7-10,20H2,1H3. The van der Waals surface area contributed by atoms with Gasteiger partial charge in [0, 0.05) is 33.2 Å². The fourth-order valence-electron chi connectivity index (χ4n) is 3.59. The third-order valence-electron chi connectivity index (χ3n) is 5.02. The highest BCUT2D eigenvalue weighted by Crippen LogP contribution is 2.36. The molecule has 3 N–H and O–H groups in total. The van der Waals surface area contributed by atoms with Gasteiger partial charge in [0.25, 0.3) is 11.5 Å². The van der Waals surface area contributed by atoms with Crippen LogP contribution in [-0.2, 0) is 7.05 Å². The molecule has 7 nitrogen and oxygen atoms in total. The number of hydrogen-bond acceptors (Lipinski definition) is 6. The number of carbonyl (C=O) groups excluding carboxylic acids is 1. The van der Waals surface area contributed by atoms with E-state index in [1.165, 1.54) is 15.9 Å². The maximum atomic E-state index is 12.6. The third kappa shape index (κ3) is 2.82. The number of phenolic OH excluding ortho intramolecular Hbond substituents is 1. The number of aromatic nitrogens is 1. The SMILES string of the molecule is Cn1c(=O)c(N)c(N2CCN(C(=O)c3cccs3)CC2)c2c(O)cccc21. The number of nitrogens with zero attached hydrogens (tertiary/aromatic N) is 3. The van der Waals surface area contributed by atoms with Gasteiger partial charge in [-0.3, -0.25) is 9.59 Å². The topological polar surface area (TPSA) is 91.8 Å². The van der Waals surface area contributed by atoms with Crippen LogP contribution in [0.25, 0.3) is 10.9 Å². The Balaban J connectivity index is 1.69. The van der Waals surface area contributed by atoms with Crippen LogP contribution in [0.1, 0.15) is 9.67 Å². The molecule has 0 radical (unpaired) electrons. The van der Waals surface area contributed by atoms with Gasteiger partial charge in [-0.1, -0.05) is 12.1 Å². The summed E-state index contributed by atoms with van der Waals surface area (Å²) in [6.07, 6.45) is 0. The fraction of sp³-hybridized carbons (Fsp3) is 0.263. The summed E-state index contributed by atoms with van der Waals surface area (Å²) in [6, 6.07) is 8.77. The second-order valence-electron chi connectivity index (χ2n) is 6.55. The summed E-state index contributed by atoms with van der Waals surface area (Å²) < 4.78 is 1.45. The number of nitrogen functional groups attached to an aromatic ring is 1. The van der Waals surface area contributed by atoms with Crippen molar-refractivity contribution >= 4 is 39.5 Å². The number of pyridine rings is 1. The number of fused-ring (bicyclic) bond motifs is 1. The Bertz CT molecular complexity index is 1070. The molecule has 0 saturated carbocycles. The van der Waals surface area contributed by atoms with Gasteiger partial charge >= 0.3 is 0 Å². The van der Waals surface area contributed by atoms with Crippen LogP contribution in [0.4, 0.5) is 11.4 Å². The van der Waals surface area contributed by atoms with Crippen LogP contribution in [0.15, 0.2) is 40.5 Å². The van der Waals surface area contributed by atoms with Gasteiger partial charge < -0.3 is 25.2 Å². The lowest BCUT2D eigenvalue weighted by molar-refractivity contribution is 0.0752. The molecule has 0 aliphatic carbocycles. The van der Waals surface area contributed by atoms with Gasteiger partial charge in [0.1, 0.15) is 11.4 Å². The number of nitrogens with two attached hydrogens (primary N) is 1. The zero-order chi connectivity index (χ0) is 19.1. The van der Waals surface area contributed by atoms with E-state index in [4.69, 9.17) is 5.73 Å². The minimum Gasteiger partial charge on any atom is -0.507 e. The van der Waals surface area contributed by atoms with Gasteiger partial charge in [0.05, 0.1) is 21.5 Å². The highest BCUT2D eigenvalue weighted by molar-refractivity contribution is 7.12. The van der Waals surface area contributed by atoms with Gasteiger partial charge in [-0.05, 0) is 23.6 Å². The van der Waals surface area contributed by atoms with E-state index in [0.29, 0.717) is 42.8 Å². The summed E-state index contributed by atoms with van der Waals surface area (Å²) >= 11 is 1.43. The van der Waals surface area contributed by atoms with E-state index in [9.17, 15) is 14.7 Å². The average Bonchev–Trinajstić information content (AvgIpc) is 3.22. The van der Waals surface area contributed by atoms with Crippen LogP contribution < -0.4 is 16.2 Å². The lowest BCUT2D eigenvalue weighted by atomic mass is 10.1. The van der Waals surface area contributed by atoms with E-state index in [-0.39, 0.29) is 22.9 Å².